The fraction of sp³-hybridized carbons (Fsp3) is 0.333. The second-order valence-corrected chi connectivity index (χ2v) is 4.68. The van der Waals surface area contributed by atoms with E-state index in [0.29, 0.717) is 13.1 Å². The number of carbonyl (C=O) groups excluding carboxylic acids is 1. The Morgan fingerprint density at radius 3 is 2.53 bits per heavy atom. The number of hydrogen-bond acceptors (Lipinski definition) is 3. The number of nitrogens with zero attached hydrogens (tertiary/aromatic N) is 1. The summed E-state index contributed by atoms with van der Waals surface area (Å²) in [6.45, 7) is 0.979. The molecule has 0 aromatic heterocycles. The lowest BCUT2D eigenvalue weighted by atomic mass is 10.1. The third kappa shape index (κ3) is 2.98. The van der Waals surface area contributed by atoms with Gasteiger partial charge in [-0.15, -0.1) is 0 Å². The number of thiocarbonyl (C=S) groups is 1. The summed E-state index contributed by atoms with van der Waals surface area (Å²) in [6.07, 6.45) is 0.204. The van der Waals surface area contributed by atoms with Gasteiger partial charge in [-0.3, -0.25) is 4.79 Å². The van der Waals surface area contributed by atoms with Crippen molar-refractivity contribution in [1.29, 1.82) is 0 Å². The largest absolute Gasteiger partial charge is 0.389 e. The summed E-state index contributed by atoms with van der Waals surface area (Å²) in [5.74, 6) is -1.57. The number of carbonyl (C=O) groups is 1. The van der Waals surface area contributed by atoms with E-state index in [9.17, 15) is 13.6 Å². The molecule has 0 saturated carbocycles. The number of anilines is 1. The van der Waals surface area contributed by atoms with Crippen LogP contribution < -0.4 is 16.0 Å². The molecule has 19 heavy (non-hydrogen) atoms. The number of benzene rings is 1. The predicted octanol–water partition coefficient (Wildman–Crippen LogP) is 0.925. The molecule has 0 unspecified atom stereocenters. The molecule has 7 heteroatoms. The first-order chi connectivity index (χ1) is 8.99. The van der Waals surface area contributed by atoms with Crippen LogP contribution in [0.1, 0.15) is 12.0 Å². The molecule has 0 aliphatic carbocycles. The van der Waals surface area contributed by atoms with Crippen molar-refractivity contribution in [2.75, 3.05) is 24.5 Å². The van der Waals surface area contributed by atoms with Crippen LogP contribution in [0.4, 0.5) is 14.5 Å². The predicted molar refractivity (Wildman–Crippen MR) is 72.1 cm³/mol. The van der Waals surface area contributed by atoms with Gasteiger partial charge in [-0.25, -0.2) is 8.78 Å². The fourth-order valence-electron chi connectivity index (χ4n) is 2.00. The van der Waals surface area contributed by atoms with Crippen molar-refractivity contribution < 1.29 is 13.6 Å². The maximum absolute atomic E-state index is 14.0. The molecule has 1 heterocycles. The molecule has 0 bridgehead atoms. The average Bonchev–Trinajstić information content (AvgIpc) is 2.53. The Balaban J connectivity index is 2.34. The first-order valence-electron chi connectivity index (χ1n) is 5.79. The van der Waals surface area contributed by atoms with Crippen LogP contribution in [0, 0.1) is 11.6 Å². The van der Waals surface area contributed by atoms with Crippen molar-refractivity contribution in [2.45, 2.75) is 6.42 Å². The highest BCUT2D eigenvalue weighted by Crippen LogP contribution is 2.25. The van der Waals surface area contributed by atoms with E-state index in [2.05, 4.69) is 5.32 Å². The molecule has 3 N–H and O–H groups in total. The van der Waals surface area contributed by atoms with Crippen LogP contribution in [0.5, 0.6) is 0 Å². The third-order valence-corrected chi connectivity index (χ3v) is 3.17. The molecule has 1 aromatic carbocycles. The summed E-state index contributed by atoms with van der Waals surface area (Å²) in [7, 11) is 0. The standard InChI is InChI=1S/C12H13F2N3OS/c13-8-5-7(12(15)19)6-9(14)11(8)17-3-1-10(18)16-2-4-17/h5-6H,1-4H2,(H2,15,19)(H,16,18). The van der Waals surface area contributed by atoms with Crippen LogP contribution in [0.25, 0.3) is 0 Å². The monoisotopic (exact) mass is 285 g/mol. The number of hydrogen-bond donors (Lipinski definition) is 2. The summed E-state index contributed by atoms with van der Waals surface area (Å²) in [5.41, 5.74) is 5.36. The highest BCUT2D eigenvalue weighted by Gasteiger charge is 2.21. The minimum atomic E-state index is -0.725. The van der Waals surface area contributed by atoms with Gasteiger partial charge in [0.1, 0.15) is 22.3 Å². The van der Waals surface area contributed by atoms with Crippen LogP contribution >= 0.6 is 12.2 Å². The quantitative estimate of drug-likeness (QED) is 0.794. The normalized spacial score (nSPS) is 15.9. The maximum atomic E-state index is 14.0. The van der Waals surface area contributed by atoms with Gasteiger partial charge in [0.15, 0.2) is 0 Å². The fourth-order valence-corrected chi connectivity index (χ4v) is 2.12. The van der Waals surface area contributed by atoms with Crippen molar-refractivity contribution in [3.8, 4) is 0 Å². The second kappa shape index (κ2) is 5.48. The van der Waals surface area contributed by atoms with Crippen molar-refractivity contribution in [3.63, 3.8) is 0 Å². The van der Waals surface area contributed by atoms with E-state index >= 15 is 0 Å². The van der Waals surface area contributed by atoms with Crippen molar-refractivity contribution in [1.82, 2.24) is 5.32 Å². The number of rotatable bonds is 2. The molecule has 102 valence electrons. The van der Waals surface area contributed by atoms with Gasteiger partial charge in [0.05, 0.1) is 0 Å². The second-order valence-electron chi connectivity index (χ2n) is 4.24. The van der Waals surface area contributed by atoms with Gasteiger partial charge in [-0.2, -0.15) is 0 Å². The summed E-state index contributed by atoms with van der Waals surface area (Å²) in [5, 5.41) is 2.65. The Morgan fingerprint density at radius 2 is 1.95 bits per heavy atom. The minimum Gasteiger partial charge on any atom is -0.389 e. The van der Waals surface area contributed by atoms with Crippen LogP contribution in [-0.2, 0) is 4.79 Å². The minimum absolute atomic E-state index is 0.0583. The average molecular weight is 285 g/mol. The van der Waals surface area contributed by atoms with Crippen LogP contribution in [0.3, 0.4) is 0 Å². The molecule has 1 aromatic rings. The van der Waals surface area contributed by atoms with Gasteiger partial charge in [0, 0.05) is 31.6 Å². The highest BCUT2D eigenvalue weighted by atomic mass is 32.1. The zero-order valence-electron chi connectivity index (χ0n) is 10.1. The lowest BCUT2D eigenvalue weighted by molar-refractivity contribution is -0.120. The molecule has 0 atom stereocenters. The molecule has 2 rings (SSSR count). The molecular weight excluding hydrogens is 272 g/mol. The van der Waals surface area contributed by atoms with E-state index in [1.165, 1.54) is 4.90 Å². The Bertz CT molecular complexity index is 513. The lowest BCUT2D eigenvalue weighted by Gasteiger charge is -2.23. The van der Waals surface area contributed by atoms with E-state index < -0.39 is 11.6 Å². The van der Waals surface area contributed by atoms with Crippen LogP contribution in [0.2, 0.25) is 0 Å². The molecule has 1 aliphatic rings. The molecule has 1 saturated heterocycles. The van der Waals surface area contributed by atoms with Crippen LogP contribution in [-0.4, -0.2) is 30.5 Å². The zero-order valence-corrected chi connectivity index (χ0v) is 10.9. The first-order valence-corrected chi connectivity index (χ1v) is 6.20. The summed E-state index contributed by atoms with van der Waals surface area (Å²) in [6, 6.07) is 2.22. The molecule has 0 spiro atoms. The van der Waals surface area contributed by atoms with E-state index in [1.54, 1.807) is 0 Å². The van der Waals surface area contributed by atoms with E-state index in [-0.39, 0.29) is 35.1 Å². The first kappa shape index (κ1) is 13.7. The summed E-state index contributed by atoms with van der Waals surface area (Å²) >= 11 is 4.69. The Labute approximate surface area is 114 Å². The van der Waals surface area contributed by atoms with Gasteiger partial charge >= 0.3 is 0 Å². The molecule has 4 nitrogen and oxygen atoms in total. The molecule has 1 fully saturated rings. The van der Waals surface area contributed by atoms with Gasteiger partial charge in [0.25, 0.3) is 0 Å². The summed E-state index contributed by atoms with van der Waals surface area (Å²) < 4.78 is 28.0. The van der Waals surface area contributed by atoms with Crippen molar-refractivity contribution in [3.05, 3.63) is 29.3 Å². The number of amides is 1. The Hall–Kier alpha value is -1.76. The number of halogens is 2. The molecular formula is C12H13F2N3OS. The smallest absolute Gasteiger partial charge is 0.221 e. The maximum Gasteiger partial charge on any atom is 0.221 e. The number of nitrogens with one attached hydrogen (secondary N) is 1. The summed E-state index contributed by atoms with van der Waals surface area (Å²) in [4.78, 5) is 12.7. The van der Waals surface area contributed by atoms with Gasteiger partial charge < -0.3 is 16.0 Å². The van der Waals surface area contributed by atoms with E-state index in [4.69, 9.17) is 18.0 Å². The van der Waals surface area contributed by atoms with Gasteiger partial charge in [-0.05, 0) is 12.1 Å². The van der Waals surface area contributed by atoms with Gasteiger partial charge in [-0.1, -0.05) is 12.2 Å². The SMILES string of the molecule is NC(=S)c1cc(F)c(N2CCNC(=O)CC2)c(F)c1. The van der Waals surface area contributed by atoms with Gasteiger partial charge in [0.2, 0.25) is 5.91 Å². The van der Waals surface area contributed by atoms with E-state index in [1.807, 2.05) is 0 Å². The molecule has 0 radical (unpaired) electrons. The third-order valence-electron chi connectivity index (χ3n) is 2.93. The lowest BCUT2D eigenvalue weighted by Crippen LogP contribution is -2.30. The Kier molecular flexibility index (Phi) is 3.94. The van der Waals surface area contributed by atoms with E-state index in [0.717, 1.165) is 12.1 Å². The topological polar surface area (TPSA) is 58.4 Å². The van der Waals surface area contributed by atoms with Crippen molar-refractivity contribution >= 4 is 28.8 Å². The van der Waals surface area contributed by atoms with Crippen molar-refractivity contribution in [2.24, 2.45) is 5.73 Å². The molecule has 1 amide bonds. The van der Waals surface area contributed by atoms with Crippen LogP contribution in [0.15, 0.2) is 12.1 Å². The molecule has 1 aliphatic heterocycles. The number of nitrogens with two attached hydrogens (primary N) is 1. The highest BCUT2D eigenvalue weighted by molar-refractivity contribution is 7.80. The zero-order chi connectivity index (χ0) is 14.0. The Morgan fingerprint density at radius 1 is 1.32 bits per heavy atom.